The Hall–Kier alpha value is -2.93. The number of carbonyl (C=O) groups excluding carboxylic acids is 3. The van der Waals surface area contributed by atoms with Crippen LogP contribution in [-0.4, -0.2) is 30.9 Å². The smallest absolute Gasteiger partial charge is 0.311 e. The van der Waals surface area contributed by atoms with Gasteiger partial charge in [0.15, 0.2) is 6.61 Å². The number of anilines is 2. The van der Waals surface area contributed by atoms with Gasteiger partial charge >= 0.3 is 5.97 Å². The van der Waals surface area contributed by atoms with Gasteiger partial charge in [0.2, 0.25) is 5.91 Å². The highest BCUT2D eigenvalue weighted by molar-refractivity contribution is 6.30. The summed E-state index contributed by atoms with van der Waals surface area (Å²) in [7, 11) is 0. The highest BCUT2D eigenvalue weighted by Gasteiger charge is 2.36. The number of ether oxygens (including phenoxy) is 1. The molecule has 1 aliphatic heterocycles. The molecule has 3 rings (SSSR count). The van der Waals surface area contributed by atoms with Gasteiger partial charge in [0.05, 0.1) is 11.6 Å². The van der Waals surface area contributed by atoms with Crippen molar-refractivity contribution in [2.24, 2.45) is 5.92 Å². The standard InChI is InChI=1S/C21H20ClFN2O4/c1-2-13-3-6-16(7-4-13)25-11-14(9-20(25)27)21(28)29-12-19(26)24-18-8-5-15(22)10-17(18)23/h3-8,10,14H,2,9,11-12H2,1H3,(H,24,26)/t14-/m1/s1. The van der Waals surface area contributed by atoms with Gasteiger partial charge in [-0.3, -0.25) is 14.4 Å². The lowest BCUT2D eigenvalue weighted by Gasteiger charge is -2.17. The Labute approximate surface area is 172 Å². The minimum Gasteiger partial charge on any atom is -0.455 e. The fourth-order valence-corrected chi connectivity index (χ4v) is 3.22. The molecule has 8 heteroatoms. The molecule has 2 aromatic rings. The second-order valence-corrected chi connectivity index (χ2v) is 7.14. The van der Waals surface area contributed by atoms with E-state index in [0.29, 0.717) is 0 Å². The summed E-state index contributed by atoms with van der Waals surface area (Å²) in [6.45, 7) is 1.66. The van der Waals surface area contributed by atoms with Crippen molar-refractivity contribution >= 4 is 40.8 Å². The number of nitrogens with one attached hydrogen (secondary N) is 1. The van der Waals surface area contributed by atoms with E-state index in [-0.39, 0.29) is 29.6 Å². The van der Waals surface area contributed by atoms with E-state index in [1.165, 1.54) is 17.0 Å². The van der Waals surface area contributed by atoms with Crippen LogP contribution in [0.15, 0.2) is 42.5 Å². The van der Waals surface area contributed by atoms with Gasteiger partial charge in [-0.05, 0) is 42.3 Å². The zero-order chi connectivity index (χ0) is 21.0. The van der Waals surface area contributed by atoms with Crippen LogP contribution in [-0.2, 0) is 25.5 Å². The van der Waals surface area contributed by atoms with E-state index in [2.05, 4.69) is 5.32 Å². The fraction of sp³-hybridized carbons (Fsp3) is 0.286. The molecule has 6 nitrogen and oxygen atoms in total. The number of nitrogens with zero attached hydrogens (tertiary/aromatic N) is 1. The fourth-order valence-electron chi connectivity index (χ4n) is 3.06. The molecule has 29 heavy (non-hydrogen) atoms. The van der Waals surface area contributed by atoms with Crippen molar-refractivity contribution in [3.63, 3.8) is 0 Å². The van der Waals surface area contributed by atoms with E-state index in [1.807, 2.05) is 31.2 Å². The highest BCUT2D eigenvalue weighted by Crippen LogP contribution is 2.26. The molecule has 2 amide bonds. The monoisotopic (exact) mass is 418 g/mol. The molecule has 0 radical (unpaired) electrons. The Bertz CT molecular complexity index is 933. The Balaban J connectivity index is 1.52. The third-order valence-corrected chi connectivity index (χ3v) is 4.90. The normalized spacial score (nSPS) is 16.0. The van der Waals surface area contributed by atoms with Crippen molar-refractivity contribution in [3.05, 3.63) is 58.9 Å². The van der Waals surface area contributed by atoms with Crippen LogP contribution in [0.4, 0.5) is 15.8 Å². The molecule has 1 aliphatic rings. The van der Waals surface area contributed by atoms with Crippen LogP contribution in [0.5, 0.6) is 0 Å². The van der Waals surface area contributed by atoms with E-state index in [4.69, 9.17) is 16.3 Å². The molecule has 1 heterocycles. The first-order valence-corrected chi connectivity index (χ1v) is 9.56. The van der Waals surface area contributed by atoms with Crippen molar-refractivity contribution < 1.29 is 23.5 Å². The third-order valence-electron chi connectivity index (χ3n) is 4.67. The molecule has 152 valence electrons. The van der Waals surface area contributed by atoms with Crippen molar-refractivity contribution in [3.8, 4) is 0 Å². The Morgan fingerprint density at radius 2 is 1.97 bits per heavy atom. The summed E-state index contributed by atoms with van der Waals surface area (Å²) >= 11 is 5.66. The molecule has 0 saturated carbocycles. The predicted molar refractivity (Wildman–Crippen MR) is 107 cm³/mol. The summed E-state index contributed by atoms with van der Waals surface area (Å²) in [6, 6.07) is 11.4. The largest absolute Gasteiger partial charge is 0.455 e. The summed E-state index contributed by atoms with van der Waals surface area (Å²) < 4.78 is 18.7. The Kier molecular flexibility index (Phi) is 6.49. The SMILES string of the molecule is CCc1ccc(N2C[C@H](C(=O)OCC(=O)Nc3ccc(Cl)cc3F)CC2=O)cc1. The van der Waals surface area contributed by atoms with Crippen molar-refractivity contribution in [2.75, 3.05) is 23.4 Å². The molecule has 1 saturated heterocycles. The van der Waals surface area contributed by atoms with Crippen molar-refractivity contribution in [1.82, 2.24) is 0 Å². The molecule has 0 spiro atoms. The number of carbonyl (C=O) groups is 3. The number of hydrogen-bond acceptors (Lipinski definition) is 4. The second-order valence-electron chi connectivity index (χ2n) is 6.71. The number of amides is 2. The van der Waals surface area contributed by atoms with E-state index >= 15 is 0 Å². The van der Waals surface area contributed by atoms with Gasteiger partial charge in [0.1, 0.15) is 5.82 Å². The van der Waals surface area contributed by atoms with Crippen LogP contribution in [0.2, 0.25) is 5.02 Å². The quantitative estimate of drug-likeness (QED) is 0.727. The number of benzene rings is 2. The summed E-state index contributed by atoms with van der Waals surface area (Å²) in [5, 5.41) is 2.51. The molecule has 2 aromatic carbocycles. The summed E-state index contributed by atoms with van der Waals surface area (Å²) in [4.78, 5) is 38.0. The summed E-state index contributed by atoms with van der Waals surface area (Å²) in [5.74, 6) is -2.85. The first-order valence-electron chi connectivity index (χ1n) is 9.18. The molecule has 0 bridgehead atoms. The average Bonchev–Trinajstić information content (AvgIpc) is 3.10. The van der Waals surface area contributed by atoms with Crippen LogP contribution < -0.4 is 10.2 Å². The molecular weight excluding hydrogens is 399 g/mol. The topological polar surface area (TPSA) is 75.7 Å². The predicted octanol–water partition coefficient (Wildman–Crippen LogP) is 3.58. The van der Waals surface area contributed by atoms with Gasteiger partial charge in [-0.2, -0.15) is 0 Å². The van der Waals surface area contributed by atoms with Crippen LogP contribution in [0.25, 0.3) is 0 Å². The number of rotatable bonds is 6. The summed E-state index contributed by atoms with van der Waals surface area (Å²) in [6.07, 6.45) is 0.910. The van der Waals surface area contributed by atoms with E-state index in [1.54, 1.807) is 0 Å². The molecule has 0 aromatic heterocycles. The number of esters is 1. The zero-order valence-corrected chi connectivity index (χ0v) is 16.5. The third kappa shape index (κ3) is 5.12. The van der Waals surface area contributed by atoms with Gasteiger partial charge < -0.3 is 15.0 Å². The van der Waals surface area contributed by atoms with Crippen molar-refractivity contribution in [1.29, 1.82) is 0 Å². The Morgan fingerprint density at radius 3 is 2.62 bits per heavy atom. The van der Waals surface area contributed by atoms with Gasteiger partial charge in [0.25, 0.3) is 5.91 Å². The molecular formula is C21H20ClFN2O4. The first kappa shape index (κ1) is 20.8. The van der Waals surface area contributed by atoms with E-state index < -0.39 is 30.2 Å². The maximum absolute atomic E-state index is 13.7. The van der Waals surface area contributed by atoms with Gasteiger partial charge in [-0.1, -0.05) is 30.7 Å². The molecule has 0 unspecified atom stereocenters. The molecule has 1 N–H and O–H groups in total. The maximum atomic E-state index is 13.7. The number of halogens is 2. The lowest BCUT2D eigenvalue weighted by Crippen LogP contribution is -2.28. The maximum Gasteiger partial charge on any atom is 0.311 e. The lowest BCUT2D eigenvalue weighted by molar-refractivity contribution is -0.151. The van der Waals surface area contributed by atoms with Crippen LogP contribution in [0, 0.1) is 11.7 Å². The molecule has 1 fully saturated rings. The number of aryl methyl sites for hydroxylation is 1. The van der Waals surface area contributed by atoms with Crippen LogP contribution in [0.3, 0.4) is 0 Å². The first-order chi connectivity index (χ1) is 13.9. The molecule has 0 aliphatic carbocycles. The summed E-state index contributed by atoms with van der Waals surface area (Å²) in [5.41, 5.74) is 1.81. The Morgan fingerprint density at radius 1 is 1.24 bits per heavy atom. The van der Waals surface area contributed by atoms with Crippen molar-refractivity contribution in [2.45, 2.75) is 19.8 Å². The minimum atomic E-state index is -0.691. The minimum absolute atomic E-state index is 0.0157. The molecule has 1 atom stereocenters. The van der Waals surface area contributed by atoms with Gasteiger partial charge in [-0.15, -0.1) is 0 Å². The van der Waals surface area contributed by atoms with E-state index in [0.717, 1.165) is 23.7 Å². The zero-order valence-electron chi connectivity index (χ0n) is 15.8. The average molecular weight is 419 g/mol. The van der Waals surface area contributed by atoms with Gasteiger partial charge in [0, 0.05) is 23.7 Å². The van der Waals surface area contributed by atoms with Crippen LogP contribution in [0.1, 0.15) is 18.9 Å². The highest BCUT2D eigenvalue weighted by atomic mass is 35.5. The van der Waals surface area contributed by atoms with Crippen LogP contribution >= 0.6 is 11.6 Å². The second kappa shape index (κ2) is 9.05. The van der Waals surface area contributed by atoms with Gasteiger partial charge in [-0.25, -0.2) is 4.39 Å². The van der Waals surface area contributed by atoms with E-state index in [9.17, 15) is 18.8 Å². The lowest BCUT2D eigenvalue weighted by atomic mass is 10.1. The number of hydrogen-bond donors (Lipinski definition) is 1.